The van der Waals surface area contributed by atoms with Crippen LogP contribution in [0.2, 0.25) is 0 Å². The Morgan fingerprint density at radius 1 is 1.26 bits per heavy atom. The molecule has 1 amide bonds. The van der Waals surface area contributed by atoms with Crippen molar-refractivity contribution >= 4 is 16.9 Å². The second-order valence-electron chi connectivity index (χ2n) is 11.4. The molecule has 210 valence electrons. The highest BCUT2D eigenvalue weighted by atomic mass is 32.2. The summed E-state index contributed by atoms with van der Waals surface area (Å²) < 4.78 is 20.1. The van der Waals surface area contributed by atoms with E-state index in [9.17, 15) is 14.1 Å². The number of aliphatic hydroxyl groups excluding tert-OH is 1. The molecule has 2 heterocycles. The van der Waals surface area contributed by atoms with E-state index < -0.39 is 15.7 Å². The molecule has 1 aliphatic heterocycles. The van der Waals surface area contributed by atoms with Gasteiger partial charge < -0.3 is 15.2 Å². The highest BCUT2D eigenvalue weighted by molar-refractivity contribution is 7.84. The fraction of sp³-hybridized carbons (Fsp3) is 0.548. The molecule has 1 aromatic heterocycles. The van der Waals surface area contributed by atoms with E-state index in [1.807, 2.05) is 49.3 Å². The van der Waals surface area contributed by atoms with Crippen LogP contribution in [0.15, 0.2) is 30.3 Å². The van der Waals surface area contributed by atoms with Gasteiger partial charge in [-0.3, -0.25) is 4.79 Å². The van der Waals surface area contributed by atoms with E-state index in [1.54, 1.807) is 13.2 Å². The van der Waals surface area contributed by atoms with Crippen molar-refractivity contribution in [2.45, 2.75) is 76.6 Å². The zero-order valence-corrected chi connectivity index (χ0v) is 24.4. The number of aliphatic hydroxyl groups is 1. The Kier molecular flexibility index (Phi) is 9.95. The van der Waals surface area contributed by atoms with Gasteiger partial charge in [0.15, 0.2) is 0 Å². The summed E-state index contributed by atoms with van der Waals surface area (Å²) in [4.78, 5) is 17.9. The zero-order chi connectivity index (χ0) is 28.0. The van der Waals surface area contributed by atoms with Crippen LogP contribution in [-0.4, -0.2) is 56.1 Å². The summed E-state index contributed by atoms with van der Waals surface area (Å²) in [5.74, 6) is 7.13. The monoisotopic (exact) mass is 551 g/mol. The Bertz CT molecular complexity index is 1250. The number of nitrogens with one attached hydrogen (secondary N) is 1. The molecule has 2 aromatic rings. The van der Waals surface area contributed by atoms with E-state index in [-0.39, 0.29) is 18.6 Å². The summed E-state index contributed by atoms with van der Waals surface area (Å²) >= 11 is 0. The lowest BCUT2D eigenvalue weighted by Gasteiger charge is -2.30. The van der Waals surface area contributed by atoms with Gasteiger partial charge in [-0.15, -0.1) is 0 Å². The van der Waals surface area contributed by atoms with E-state index in [4.69, 9.17) is 9.72 Å². The van der Waals surface area contributed by atoms with Gasteiger partial charge in [0, 0.05) is 49.9 Å². The van der Waals surface area contributed by atoms with Gasteiger partial charge in [-0.2, -0.15) is 0 Å². The van der Waals surface area contributed by atoms with Crippen molar-refractivity contribution in [1.29, 1.82) is 0 Å². The van der Waals surface area contributed by atoms with Crippen molar-refractivity contribution in [2.24, 2.45) is 5.92 Å². The predicted molar refractivity (Wildman–Crippen MR) is 155 cm³/mol. The highest BCUT2D eigenvalue weighted by Crippen LogP contribution is 2.44. The van der Waals surface area contributed by atoms with Crippen LogP contribution in [0.25, 0.3) is 11.3 Å². The maximum Gasteiger partial charge on any atom is 0.269 e. The maximum absolute atomic E-state index is 13.6. The van der Waals surface area contributed by atoms with E-state index in [2.05, 4.69) is 17.2 Å². The molecular weight excluding hydrogens is 510 g/mol. The number of fused-ring (bicyclic) bond motifs is 1. The molecule has 0 saturated heterocycles. The fourth-order valence-corrected chi connectivity index (χ4v) is 6.82. The molecular formula is C31H41N3O4S. The number of carbonyl (C=O) groups excluding carboxylic acids is 1. The number of benzene rings is 1. The van der Waals surface area contributed by atoms with Crippen molar-refractivity contribution in [3.63, 3.8) is 0 Å². The normalized spacial score (nSPS) is 18.4. The highest BCUT2D eigenvalue weighted by Gasteiger charge is 2.40. The topological polar surface area (TPSA) is 91.8 Å². The summed E-state index contributed by atoms with van der Waals surface area (Å²) in [5.41, 5.74) is 4.58. The average molecular weight is 552 g/mol. The summed E-state index contributed by atoms with van der Waals surface area (Å²) in [5, 5.41) is 12.8. The molecule has 1 saturated carbocycles. The number of pyridine rings is 1. The van der Waals surface area contributed by atoms with Crippen LogP contribution >= 0.6 is 0 Å². The average Bonchev–Trinajstić information content (AvgIpc) is 3.56. The molecule has 0 unspecified atom stereocenters. The van der Waals surface area contributed by atoms with Crippen LogP contribution in [0.3, 0.4) is 0 Å². The Morgan fingerprint density at radius 2 is 2.03 bits per heavy atom. The molecule has 7 nitrogen and oxygen atoms in total. The van der Waals surface area contributed by atoms with Crippen molar-refractivity contribution < 1.29 is 18.8 Å². The van der Waals surface area contributed by atoms with Crippen LogP contribution in [0, 0.1) is 17.8 Å². The first kappa shape index (κ1) is 29.4. The molecule has 1 aromatic carbocycles. The van der Waals surface area contributed by atoms with E-state index in [0.29, 0.717) is 43.4 Å². The van der Waals surface area contributed by atoms with Gasteiger partial charge in [0.05, 0.1) is 23.1 Å². The molecule has 0 bridgehead atoms. The summed E-state index contributed by atoms with van der Waals surface area (Å²) in [6, 6.07) is 9.49. The number of methoxy groups -OCH3 is 1. The molecule has 0 radical (unpaired) electrons. The smallest absolute Gasteiger partial charge is 0.269 e. The standard InChI is InChI=1S/C31H41N3O4S/c1-31(2,3)39(37)34-21-25-20-26(30(36)32-16-18-38-4)33-29(28(25)27(34)15-17-35)24-14-8-13-23(19-24)12-7-11-22-9-5-6-10-22/h8,13-14,19-20,22,27,35H,5-6,9-11,15-18,21H2,1-4H3,(H,32,36)/t27-,39-/m1/s1. The lowest BCUT2D eigenvalue weighted by atomic mass is 9.95. The minimum Gasteiger partial charge on any atom is -0.396 e. The lowest BCUT2D eigenvalue weighted by molar-refractivity contribution is 0.0932. The van der Waals surface area contributed by atoms with E-state index >= 15 is 0 Å². The Hall–Kier alpha value is -2.57. The maximum atomic E-state index is 13.6. The first-order valence-corrected chi connectivity index (χ1v) is 15.0. The third-order valence-electron chi connectivity index (χ3n) is 7.35. The van der Waals surface area contributed by atoms with Crippen LogP contribution in [0.5, 0.6) is 0 Å². The zero-order valence-electron chi connectivity index (χ0n) is 23.6. The first-order valence-electron chi connectivity index (χ1n) is 13.9. The van der Waals surface area contributed by atoms with Crippen LogP contribution in [-0.2, 0) is 22.3 Å². The molecule has 0 spiro atoms. The summed E-state index contributed by atoms with van der Waals surface area (Å²) in [6.45, 7) is 6.99. The van der Waals surface area contributed by atoms with Crippen molar-refractivity contribution in [3.05, 3.63) is 52.7 Å². The van der Waals surface area contributed by atoms with Gasteiger partial charge in [-0.05, 0) is 69.7 Å². The van der Waals surface area contributed by atoms with Gasteiger partial charge in [0.2, 0.25) is 0 Å². The number of amides is 1. The van der Waals surface area contributed by atoms with Gasteiger partial charge in [-0.1, -0.05) is 36.8 Å². The number of rotatable bonds is 9. The number of hydrogen-bond acceptors (Lipinski definition) is 5. The molecule has 2 atom stereocenters. The first-order chi connectivity index (χ1) is 18.7. The Balaban J connectivity index is 1.75. The largest absolute Gasteiger partial charge is 0.396 e. The number of ether oxygens (including phenoxy) is 1. The lowest BCUT2D eigenvalue weighted by Crippen LogP contribution is -2.36. The third-order valence-corrected chi connectivity index (χ3v) is 9.21. The van der Waals surface area contributed by atoms with E-state index in [1.165, 1.54) is 25.7 Å². The molecule has 8 heteroatoms. The fourth-order valence-electron chi connectivity index (χ4n) is 5.42. The van der Waals surface area contributed by atoms with Gasteiger partial charge in [-0.25, -0.2) is 13.5 Å². The molecule has 4 rings (SSSR count). The summed E-state index contributed by atoms with van der Waals surface area (Å²) in [6.07, 6.45) is 6.48. The van der Waals surface area contributed by atoms with Gasteiger partial charge in [0.1, 0.15) is 16.7 Å². The van der Waals surface area contributed by atoms with Gasteiger partial charge >= 0.3 is 0 Å². The summed E-state index contributed by atoms with van der Waals surface area (Å²) in [7, 11) is 0.276. The van der Waals surface area contributed by atoms with Crippen LogP contribution in [0.4, 0.5) is 0 Å². The van der Waals surface area contributed by atoms with Crippen LogP contribution in [0.1, 0.15) is 92.5 Å². The SMILES string of the molecule is COCCNC(=O)c1cc2c(c(-c3cccc(C#CCC4CCCC4)c3)n1)[C@@H](CCO)N([S@](=O)C(C)(C)C)C2. The number of aromatic nitrogens is 1. The minimum absolute atomic E-state index is 0.0483. The number of nitrogens with zero attached hydrogens (tertiary/aromatic N) is 2. The van der Waals surface area contributed by atoms with Crippen LogP contribution < -0.4 is 5.32 Å². The molecule has 2 aliphatic rings. The van der Waals surface area contributed by atoms with Gasteiger partial charge in [0.25, 0.3) is 5.91 Å². The molecule has 39 heavy (non-hydrogen) atoms. The predicted octanol–water partition coefficient (Wildman–Crippen LogP) is 4.76. The number of carbonyl (C=O) groups is 1. The third kappa shape index (κ3) is 7.15. The van der Waals surface area contributed by atoms with Crippen molar-refractivity contribution in [1.82, 2.24) is 14.6 Å². The van der Waals surface area contributed by atoms with Crippen molar-refractivity contribution in [3.8, 4) is 23.1 Å². The van der Waals surface area contributed by atoms with E-state index in [0.717, 1.165) is 28.7 Å². The number of hydrogen-bond donors (Lipinski definition) is 2. The Morgan fingerprint density at radius 3 is 2.72 bits per heavy atom. The molecule has 1 fully saturated rings. The second-order valence-corrected chi connectivity index (χ2v) is 13.6. The molecule has 1 aliphatic carbocycles. The second kappa shape index (κ2) is 13.2. The quantitative estimate of drug-likeness (QED) is 0.346. The minimum atomic E-state index is -1.31. The Labute approximate surface area is 235 Å². The van der Waals surface area contributed by atoms with Crippen molar-refractivity contribution in [2.75, 3.05) is 26.9 Å². The molecule has 2 N–H and O–H groups in total.